The van der Waals surface area contributed by atoms with Crippen LogP contribution in [0.2, 0.25) is 0 Å². The fourth-order valence-corrected chi connectivity index (χ4v) is 2.17. The SMILES string of the molecule is CNCc1nnc(NCC2CCCCC2)o1. The van der Waals surface area contributed by atoms with Crippen LogP contribution in [0.4, 0.5) is 6.01 Å². The average Bonchev–Trinajstić information content (AvgIpc) is 2.76. The van der Waals surface area contributed by atoms with Gasteiger partial charge in [-0.15, -0.1) is 5.10 Å². The molecule has 0 bridgehead atoms. The fourth-order valence-electron chi connectivity index (χ4n) is 2.17. The molecule has 16 heavy (non-hydrogen) atoms. The van der Waals surface area contributed by atoms with E-state index in [0.29, 0.717) is 18.5 Å². The van der Waals surface area contributed by atoms with Crippen molar-refractivity contribution < 1.29 is 4.42 Å². The summed E-state index contributed by atoms with van der Waals surface area (Å²) in [5, 5.41) is 14.1. The summed E-state index contributed by atoms with van der Waals surface area (Å²) in [5.74, 6) is 1.40. The van der Waals surface area contributed by atoms with E-state index in [1.54, 1.807) is 0 Å². The van der Waals surface area contributed by atoms with E-state index >= 15 is 0 Å². The fraction of sp³-hybridized carbons (Fsp3) is 0.818. The third-order valence-electron chi connectivity index (χ3n) is 3.06. The zero-order valence-electron chi connectivity index (χ0n) is 9.83. The molecule has 90 valence electrons. The second-order valence-corrected chi connectivity index (χ2v) is 4.42. The van der Waals surface area contributed by atoms with Gasteiger partial charge >= 0.3 is 6.01 Å². The van der Waals surface area contributed by atoms with Crippen LogP contribution in [0.3, 0.4) is 0 Å². The highest BCUT2D eigenvalue weighted by Crippen LogP contribution is 2.23. The van der Waals surface area contributed by atoms with Crippen LogP contribution in [-0.2, 0) is 6.54 Å². The molecule has 1 fully saturated rings. The maximum atomic E-state index is 5.42. The van der Waals surface area contributed by atoms with E-state index in [9.17, 15) is 0 Å². The lowest BCUT2D eigenvalue weighted by atomic mass is 9.89. The second-order valence-electron chi connectivity index (χ2n) is 4.42. The Bertz CT molecular complexity index is 307. The summed E-state index contributed by atoms with van der Waals surface area (Å²) in [6.07, 6.45) is 6.76. The number of rotatable bonds is 5. The molecule has 0 unspecified atom stereocenters. The monoisotopic (exact) mass is 224 g/mol. The zero-order chi connectivity index (χ0) is 11.2. The van der Waals surface area contributed by atoms with Crippen molar-refractivity contribution in [3.8, 4) is 0 Å². The summed E-state index contributed by atoms with van der Waals surface area (Å²) in [6, 6.07) is 0.552. The Labute approximate surface area is 96.0 Å². The first kappa shape index (κ1) is 11.4. The van der Waals surface area contributed by atoms with E-state index in [1.807, 2.05) is 7.05 Å². The van der Waals surface area contributed by atoms with Gasteiger partial charge in [0.2, 0.25) is 5.89 Å². The summed E-state index contributed by atoms with van der Waals surface area (Å²) in [4.78, 5) is 0. The molecule has 0 spiro atoms. The maximum Gasteiger partial charge on any atom is 0.315 e. The first-order valence-corrected chi connectivity index (χ1v) is 6.09. The van der Waals surface area contributed by atoms with Gasteiger partial charge in [0, 0.05) is 6.54 Å². The van der Waals surface area contributed by atoms with Crippen molar-refractivity contribution in [2.45, 2.75) is 38.6 Å². The van der Waals surface area contributed by atoms with Crippen LogP contribution in [0.15, 0.2) is 4.42 Å². The molecule has 1 heterocycles. The number of hydrogen-bond donors (Lipinski definition) is 2. The Kier molecular flexibility index (Phi) is 4.16. The second kappa shape index (κ2) is 5.84. The predicted molar refractivity (Wildman–Crippen MR) is 62.1 cm³/mol. The molecule has 1 saturated carbocycles. The van der Waals surface area contributed by atoms with Crippen LogP contribution >= 0.6 is 0 Å². The molecule has 5 nitrogen and oxygen atoms in total. The number of nitrogens with one attached hydrogen (secondary N) is 2. The number of nitrogens with zero attached hydrogens (tertiary/aromatic N) is 2. The van der Waals surface area contributed by atoms with Crippen LogP contribution in [0.25, 0.3) is 0 Å². The molecule has 2 rings (SSSR count). The zero-order valence-corrected chi connectivity index (χ0v) is 9.83. The first-order valence-electron chi connectivity index (χ1n) is 6.09. The Morgan fingerprint density at radius 3 is 2.81 bits per heavy atom. The van der Waals surface area contributed by atoms with E-state index in [4.69, 9.17) is 4.42 Å². The van der Waals surface area contributed by atoms with Crippen LogP contribution in [0.5, 0.6) is 0 Å². The largest absolute Gasteiger partial charge is 0.407 e. The predicted octanol–water partition coefficient (Wildman–Crippen LogP) is 1.78. The van der Waals surface area contributed by atoms with E-state index in [0.717, 1.165) is 12.5 Å². The Morgan fingerprint density at radius 1 is 1.25 bits per heavy atom. The van der Waals surface area contributed by atoms with Gasteiger partial charge < -0.3 is 15.1 Å². The average molecular weight is 224 g/mol. The molecule has 0 atom stereocenters. The highest BCUT2D eigenvalue weighted by molar-refractivity contribution is 5.16. The molecule has 0 saturated heterocycles. The third kappa shape index (κ3) is 3.20. The minimum Gasteiger partial charge on any atom is -0.407 e. The molecular formula is C11H20N4O. The van der Waals surface area contributed by atoms with Gasteiger partial charge in [0.1, 0.15) is 0 Å². The van der Waals surface area contributed by atoms with Crippen LogP contribution < -0.4 is 10.6 Å². The van der Waals surface area contributed by atoms with E-state index in [1.165, 1.54) is 32.1 Å². The number of aromatic nitrogens is 2. The lowest BCUT2D eigenvalue weighted by molar-refractivity contribution is 0.370. The van der Waals surface area contributed by atoms with Crippen molar-refractivity contribution in [1.29, 1.82) is 0 Å². The standard InChI is InChI=1S/C11H20N4O/c1-12-8-10-14-15-11(16-10)13-7-9-5-3-2-4-6-9/h9,12H,2-8H2,1H3,(H,13,15). The summed E-state index contributed by atoms with van der Waals surface area (Å²) < 4.78 is 5.42. The van der Waals surface area contributed by atoms with Gasteiger partial charge in [0.25, 0.3) is 0 Å². The molecule has 0 radical (unpaired) electrons. The van der Waals surface area contributed by atoms with Crippen molar-refractivity contribution in [2.75, 3.05) is 18.9 Å². The third-order valence-corrected chi connectivity index (χ3v) is 3.06. The van der Waals surface area contributed by atoms with Crippen molar-refractivity contribution in [2.24, 2.45) is 5.92 Å². The molecule has 1 aromatic heterocycles. The minimum absolute atomic E-state index is 0.552. The highest BCUT2D eigenvalue weighted by atomic mass is 16.4. The highest BCUT2D eigenvalue weighted by Gasteiger charge is 2.14. The van der Waals surface area contributed by atoms with Gasteiger partial charge in [-0.25, -0.2) is 0 Å². The van der Waals surface area contributed by atoms with Gasteiger partial charge in [-0.3, -0.25) is 0 Å². The topological polar surface area (TPSA) is 63.0 Å². The van der Waals surface area contributed by atoms with Crippen molar-refractivity contribution in [3.05, 3.63) is 5.89 Å². The maximum absolute atomic E-state index is 5.42. The molecule has 2 N–H and O–H groups in total. The summed E-state index contributed by atoms with van der Waals surface area (Å²) in [7, 11) is 1.86. The molecule has 1 aliphatic carbocycles. The number of anilines is 1. The molecule has 5 heteroatoms. The van der Waals surface area contributed by atoms with Gasteiger partial charge in [-0.1, -0.05) is 24.4 Å². The van der Waals surface area contributed by atoms with Crippen LogP contribution in [0.1, 0.15) is 38.0 Å². The number of hydrogen-bond acceptors (Lipinski definition) is 5. The lowest BCUT2D eigenvalue weighted by Crippen LogP contribution is -2.17. The molecule has 1 aliphatic rings. The molecule has 0 amide bonds. The van der Waals surface area contributed by atoms with E-state index in [-0.39, 0.29) is 0 Å². The molecule has 0 aromatic carbocycles. The quantitative estimate of drug-likeness (QED) is 0.798. The van der Waals surface area contributed by atoms with E-state index < -0.39 is 0 Å². The minimum atomic E-state index is 0.552. The van der Waals surface area contributed by atoms with Crippen LogP contribution in [-0.4, -0.2) is 23.8 Å². The molecule has 0 aliphatic heterocycles. The van der Waals surface area contributed by atoms with E-state index in [2.05, 4.69) is 20.8 Å². The summed E-state index contributed by atoms with van der Waals surface area (Å²) >= 11 is 0. The van der Waals surface area contributed by atoms with Gasteiger partial charge in [0.15, 0.2) is 0 Å². The van der Waals surface area contributed by atoms with Crippen molar-refractivity contribution >= 4 is 6.01 Å². The van der Waals surface area contributed by atoms with Gasteiger partial charge in [-0.2, -0.15) is 0 Å². The first-order chi connectivity index (χ1) is 7.88. The van der Waals surface area contributed by atoms with Crippen molar-refractivity contribution in [1.82, 2.24) is 15.5 Å². The lowest BCUT2D eigenvalue weighted by Gasteiger charge is -2.20. The van der Waals surface area contributed by atoms with Crippen LogP contribution in [0, 0.1) is 5.92 Å². The summed E-state index contributed by atoms with van der Waals surface area (Å²) in [6.45, 7) is 1.58. The smallest absolute Gasteiger partial charge is 0.315 e. The van der Waals surface area contributed by atoms with Gasteiger partial charge in [0.05, 0.1) is 6.54 Å². The molecule has 1 aromatic rings. The van der Waals surface area contributed by atoms with Crippen molar-refractivity contribution in [3.63, 3.8) is 0 Å². The van der Waals surface area contributed by atoms with Gasteiger partial charge in [-0.05, 0) is 25.8 Å². The Balaban J connectivity index is 1.75. The summed E-state index contributed by atoms with van der Waals surface area (Å²) in [5.41, 5.74) is 0. The Morgan fingerprint density at radius 2 is 2.06 bits per heavy atom. The normalized spacial score (nSPS) is 17.6. The molecular weight excluding hydrogens is 204 g/mol. The Hall–Kier alpha value is -1.10.